The quantitative estimate of drug-likeness (QED) is 0.603. The Labute approximate surface area is 192 Å². The molecule has 0 spiro atoms. The highest BCUT2D eigenvalue weighted by molar-refractivity contribution is 5.77. The zero-order valence-corrected chi connectivity index (χ0v) is 21.4. The Bertz CT molecular complexity index is 660. The first-order chi connectivity index (χ1) is 14.5. The fourth-order valence-electron chi connectivity index (χ4n) is 4.56. The van der Waals surface area contributed by atoms with Crippen molar-refractivity contribution in [2.45, 2.75) is 129 Å². The lowest BCUT2D eigenvalue weighted by molar-refractivity contribution is -0.194. The highest BCUT2D eigenvalue weighted by Crippen LogP contribution is 2.43. The van der Waals surface area contributed by atoms with Crippen LogP contribution in [0.2, 0.25) is 0 Å². The van der Waals surface area contributed by atoms with Gasteiger partial charge in [-0.15, -0.1) is 0 Å². The maximum Gasteiger partial charge on any atom is 0.338 e. The molecule has 0 unspecified atom stereocenters. The summed E-state index contributed by atoms with van der Waals surface area (Å²) in [5.74, 6) is -1.62. The van der Waals surface area contributed by atoms with Gasteiger partial charge in [0.25, 0.3) is 0 Å². The van der Waals surface area contributed by atoms with Crippen LogP contribution >= 0.6 is 0 Å². The van der Waals surface area contributed by atoms with E-state index in [2.05, 4.69) is 6.92 Å². The topological polar surface area (TPSA) is 104 Å². The van der Waals surface area contributed by atoms with Crippen LogP contribution in [0.3, 0.4) is 0 Å². The average Bonchev–Trinajstić information content (AvgIpc) is 3.21. The first-order valence-electron chi connectivity index (χ1n) is 11.8. The predicted molar refractivity (Wildman–Crippen MR) is 119 cm³/mol. The molecular formula is C24H44O8. The van der Waals surface area contributed by atoms with Crippen LogP contribution in [0.1, 0.15) is 82.1 Å². The molecule has 0 saturated carbocycles. The van der Waals surface area contributed by atoms with Gasteiger partial charge in [-0.3, -0.25) is 0 Å². The van der Waals surface area contributed by atoms with Crippen LogP contribution in [0.25, 0.3) is 0 Å². The number of hydrogen-bond donors (Lipinski definition) is 2. The number of aliphatic hydroxyl groups is 2. The van der Waals surface area contributed by atoms with Crippen molar-refractivity contribution in [3.63, 3.8) is 0 Å². The van der Waals surface area contributed by atoms with E-state index in [0.717, 1.165) is 6.42 Å². The molecule has 0 amide bonds. The summed E-state index contributed by atoms with van der Waals surface area (Å²) >= 11 is 0. The summed E-state index contributed by atoms with van der Waals surface area (Å²) in [6.45, 7) is 18.9. The van der Waals surface area contributed by atoms with Crippen LogP contribution in [0, 0.1) is 11.8 Å². The summed E-state index contributed by atoms with van der Waals surface area (Å²) in [7, 11) is 0. The van der Waals surface area contributed by atoms with Gasteiger partial charge in [0.1, 0.15) is 17.8 Å². The van der Waals surface area contributed by atoms with Crippen molar-refractivity contribution in [3.8, 4) is 0 Å². The third-order valence-electron chi connectivity index (χ3n) is 7.44. The zero-order chi connectivity index (χ0) is 24.7. The lowest BCUT2D eigenvalue weighted by atomic mass is 9.80. The van der Waals surface area contributed by atoms with E-state index in [0.29, 0.717) is 6.42 Å². The second kappa shape index (κ2) is 9.47. The molecule has 3 heterocycles. The number of carbonyl (C=O) groups is 1. The van der Waals surface area contributed by atoms with Crippen LogP contribution in [-0.2, 0) is 28.5 Å². The number of fused-ring (bicyclic) bond motifs is 1. The molecule has 0 aromatic rings. The van der Waals surface area contributed by atoms with Gasteiger partial charge in [-0.2, -0.15) is 0 Å². The van der Waals surface area contributed by atoms with Crippen molar-refractivity contribution in [2.24, 2.45) is 11.8 Å². The number of hydrogen-bond acceptors (Lipinski definition) is 8. The Morgan fingerprint density at radius 3 is 2.09 bits per heavy atom. The first kappa shape index (κ1) is 27.5. The standard InChI is InChI=1S/C12H20O4.C12H24O4/c1-6-12(5)7(2)8-9(10(13)16-12)15-11(3,4)14-8;1-6-12(5,14)8(2)10-9(7-13)15-11(3,4)16-10/h7-9H,6H2,1-5H3;8-10,13-14H,6-7H2,1-5H3/t7-,8-,9-,12+;8-,9+,10-,12+/m11/s1. The molecule has 32 heavy (non-hydrogen) atoms. The monoisotopic (exact) mass is 460 g/mol. The highest BCUT2D eigenvalue weighted by Gasteiger charge is 2.57. The minimum absolute atomic E-state index is 0.0851. The maximum absolute atomic E-state index is 11.9. The second-order valence-corrected chi connectivity index (χ2v) is 10.7. The molecule has 188 valence electrons. The van der Waals surface area contributed by atoms with E-state index >= 15 is 0 Å². The van der Waals surface area contributed by atoms with Crippen LogP contribution in [-0.4, -0.2) is 70.0 Å². The minimum Gasteiger partial charge on any atom is -0.457 e. The van der Waals surface area contributed by atoms with E-state index < -0.39 is 28.9 Å². The van der Waals surface area contributed by atoms with Crippen molar-refractivity contribution in [3.05, 3.63) is 0 Å². The molecule has 8 heteroatoms. The summed E-state index contributed by atoms with van der Waals surface area (Å²) in [5, 5.41) is 19.5. The van der Waals surface area contributed by atoms with Gasteiger partial charge in [0.2, 0.25) is 0 Å². The average molecular weight is 461 g/mol. The van der Waals surface area contributed by atoms with Crippen LogP contribution in [0.4, 0.5) is 0 Å². The number of ether oxygens (including phenoxy) is 5. The molecule has 2 N–H and O–H groups in total. The molecular weight excluding hydrogens is 416 g/mol. The largest absolute Gasteiger partial charge is 0.457 e. The summed E-state index contributed by atoms with van der Waals surface area (Å²) in [4.78, 5) is 11.9. The second-order valence-electron chi connectivity index (χ2n) is 10.7. The Kier molecular flexibility index (Phi) is 8.13. The van der Waals surface area contributed by atoms with Crippen molar-refractivity contribution in [1.29, 1.82) is 0 Å². The van der Waals surface area contributed by atoms with Gasteiger partial charge in [0.15, 0.2) is 17.7 Å². The Balaban J connectivity index is 0.000000227. The molecule has 0 aromatic carbocycles. The van der Waals surface area contributed by atoms with Gasteiger partial charge in [-0.05, 0) is 54.4 Å². The smallest absolute Gasteiger partial charge is 0.338 e. The van der Waals surface area contributed by atoms with Crippen molar-refractivity contribution in [1.82, 2.24) is 0 Å². The lowest BCUT2D eigenvalue weighted by Gasteiger charge is -2.42. The molecule has 3 saturated heterocycles. The lowest BCUT2D eigenvalue weighted by Crippen LogP contribution is -2.55. The summed E-state index contributed by atoms with van der Waals surface area (Å²) in [6.07, 6.45) is 0.0447. The number of cyclic esters (lactones) is 1. The van der Waals surface area contributed by atoms with Crippen molar-refractivity contribution < 1.29 is 38.7 Å². The molecule has 0 bridgehead atoms. The van der Waals surface area contributed by atoms with E-state index in [-0.39, 0.29) is 42.7 Å². The molecule has 8 nitrogen and oxygen atoms in total. The predicted octanol–water partition coefficient (Wildman–Crippen LogP) is 3.16. The van der Waals surface area contributed by atoms with E-state index in [1.54, 1.807) is 6.92 Å². The Morgan fingerprint density at radius 1 is 1.03 bits per heavy atom. The third kappa shape index (κ3) is 5.65. The van der Waals surface area contributed by atoms with Gasteiger partial charge in [-0.1, -0.05) is 27.7 Å². The summed E-state index contributed by atoms with van der Waals surface area (Å²) < 4.78 is 28.2. The van der Waals surface area contributed by atoms with Crippen LogP contribution < -0.4 is 0 Å². The van der Waals surface area contributed by atoms with Gasteiger partial charge in [-0.25, -0.2) is 4.79 Å². The van der Waals surface area contributed by atoms with E-state index in [1.807, 2.05) is 55.4 Å². The highest BCUT2D eigenvalue weighted by atomic mass is 16.8. The number of rotatable bonds is 5. The Hall–Kier alpha value is -0.770. The molecule has 0 aliphatic carbocycles. The third-order valence-corrected chi connectivity index (χ3v) is 7.44. The van der Waals surface area contributed by atoms with Gasteiger partial charge < -0.3 is 33.9 Å². The SMILES string of the molecule is CC[C@](C)(O)[C@H](C)[C@H]1OC(C)(C)O[C@H]1CO.CC[C@]1(C)OC(=O)[C@@H]2OC(C)(C)O[C@@H]2[C@H]1C. The summed E-state index contributed by atoms with van der Waals surface area (Å²) in [6, 6.07) is 0. The molecule has 0 radical (unpaired) electrons. The normalized spacial score (nSPS) is 40.5. The maximum atomic E-state index is 11.9. The molecule has 0 aromatic heterocycles. The van der Waals surface area contributed by atoms with Gasteiger partial charge in [0.05, 0.1) is 18.3 Å². The van der Waals surface area contributed by atoms with E-state index in [4.69, 9.17) is 23.7 Å². The first-order valence-corrected chi connectivity index (χ1v) is 11.8. The number of esters is 1. The molecule has 3 aliphatic heterocycles. The van der Waals surface area contributed by atoms with E-state index in [9.17, 15) is 15.0 Å². The number of aliphatic hydroxyl groups excluding tert-OH is 1. The fourth-order valence-corrected chi connectivity index (χ4v) is 4.56. The van der Waals surface area contributed by atoms with Gasteiger partial charge in [0, 0.05) is 11.8 Å². The zero-order valence-electron chi connectivity index (χ0n) is 21.4. The van der Waals surface area contributed by atoms with Gasteiger partial charge >= 0.3 is 5.97 Å². The Morgan fingerprint density at radius 2 is 1.59 bits per heavy atom. The molecule has 3 fully saturated rings. The van der Waals surface area contributed by atoms with Crippen LogP contribution in [0.5, 0.6) is 0 Å². The molecule has 8 atom stereocenters. The van der Waals surface area contributed by atoms with E-state index in [1.165, 1.54) is 0 Å². The molecule has 3 rings (SSSR count). The summed E-state index contributed by atoms with van der Waals surface area (Å²) in [5.41, 5.74) is -1.25. The number of carbonyl (C=O) groups excluding carboxylic acids is 1. The van der Waals surface area contributed by atoms with Crippen molar-refractivity contribution >= 4 is 5.97 Å². The molecule has 3 aliphatic rings. The minimum atomic E-state index is -0.804. The van der Waals surface area contributed by atoms with Crippen LogP contribution in [0.15, 0.2) is 0 Å². The fraction of sp³-hybridized carbons (Fsp3) is 0.958. The van der Waals surface area contributed by atoms with Crippen molar-refractivity contribution in [2.75, 3.05) is 6.61 Å².